The Morgan fingerprint density at radius 3 is 2.73 bits per heavy atom. The fourth-order valence-corrected chi connectivity index (χ4v) is 2.26. The molecule has 1 aliphatic rings. The quantitative estimate of drug-likeness (QED) is 0.457. The van der Waals surface area contributed by atoms with Crippen LogP contribution in [-0.2, 0) is 12.8 Å². The molecule has 0 fully saturated rings. The van der Waals surface area contributed by atoms with E-state index >= 15 is 0 Å². The van der Waals surface area contributed by atoms with Gasteiger partial charge in [0.1, 0.15) is 5.75 Å². The highest BCUT2D eigenvalue weighted by Crippen LogP contribution is 2.33. The van der Waals surface area contributed by atoms with E-state index in [1.165, 1.54) is 11.1 Å². The third-order valence-corrected chi connectivity index (χ3v) is 3.00. The number of ether oxygens (including phenoxy) is 1. The van der Waals surface area contributed by atoms with Gasteiger partial charge >= 0.3 is 0 Å². The van der Waals surface area contributed by atoms with Gasteiger partial charge in [0.2, 0.25) is 0 Å². The molecule has 0 aliphatic heterocycles. The molecule has 0 atom stereocenters. The first kappa shape index (κ1) is 10.0. The second kappa shape index (κ2) is 3.93. The van der Waals surface area contributed by atoms with Gasteiger partial charge in [0.15, 0.2) is 0 Å². The molecule has 3 heteroatoms. The minimum Gasteiger partial charge on any atom is -0.496 e. The summed E-state index contributed by atoms with van der Waals surface area (Å²) >= 11 is 0. The van der Waals surface area contributed by atoms with Crippen LogP contribution in [0.3, 0.4) is 0 Å². The minimum absolute atomic E-state index is 0.677. The first-order valence-corrected chi connectivity index (χ1v) is 5.15. The van der Waals surface area contributed by atoms with Crippen molar-refractivity contribution in [3.63, 3.8) is 0 Å². The van der Waals surface area contributed by atoms with Crippen LogP contribution in [0.4, 0.5) is 0 Å². The van der Waals surface area contributed by atoms with E-state index < -0.39 is 0 Å². The molecule has 0 aromatic heterocycles. The van der Waals surface area contributed by atoms with Crippen molar-refractivity contribution in [1.82, 2.24) is 0 Å². The summed E-state index contributed by atoms with van der Waals surface area (Å²) in [7, 11) is 1.70. The molecule has 0 saturated carbocycles. The molecule has 1 N–H and O–H groups in total. The van der Waals surface area contributed by atoms with Gasteiger partial charge in [0.25, 0.3) is 0 Å². The maximum absolute atomic E-state index is 8.80. The fraction of sp³-hybridized carbons (Fsp3) is 0.417. The molecule has 1 aliphatic carbocycles. The van der Waals surface area contributed by atoms with E-state index in [0.717, 1.165) is 30.6 Å². The predicted octanol–water partition coefficient (Wildman–Crippen LogP) is 2.38. The van der Waals surface area contributed by atoms with Crippen molar-refractivity contribution in [2.24, 2.45) is 5.16 Å². The third-order valence-electron chi connectivity index (χ3n) is 3.00. The Bertz CT molecular complexity index is 410. The van der Waals surface area contributed by atoms with E-state index in [-0.39, 0.29) is 0 Å². The van der Waals surface area contributed by atoms with Gasteiger partial charge in [-0.15, -0.1) is 0 Å². The molecule has 1 aromatic carbocycles. The van der Waals surface area contributed by atoms with E-state index in [0.29, 0.717) is 5.71 Å². The van der Waals surface area contributed by atoms with Gasteiger partial charge < -0.3 is 9.94 Å². The fourth-order valence-electron chi connectivity index (χ4n) is 2.26. The molecule has 0 radical (unpaired) electrons. The third kappa shape index (κ3) is 1.58. The molecule has 0 spiro atoms. The number of rotatable bonds is 2. The Hall–Kier alpha value is -1.51. The number of hydrogen-bond donors (Lipinski definition) is 1. The summed E-state index contributed by atoms with van der Waals surface area (Å²) in [5.41, 5.74) is 4.28. The summed E-state index contributed by atoms with van der Waals surface area (Å²) in [5.74, 6) is 0.956. The number of benzene rings is 1. The summed E-state index contributed by atoms with van der Waals surface area (Å²) in [6.07, 6.45) is 3.27. The van der Waals surface area contributed by atoms with Gasteiger partial charge in [0, 0.05) is 5.56 Å². The maximum Gasteiger partial charge on any atom is 0.122 e. The lowest BCUT2D eigenvalue weighted by Crippen LogP contribution is -2.02. The van der Waals surface area contributed by atoms with Crippen LogP contribution in [0, 0.1) is 0 Å². The van der Waals surface area contributed by atoms with Crippen LogP contribution < -0.4 is 4.74 Å². The number of fused-ring (bicyclic) bond motifs is 1. The molecular weight excluding hydrogens is 190 g/mol. The normalized spacial score (nSPS) is 15.2. The Morgan fingerprint density at radius 2 is 2.07 bits per heavy atom. The lowest BCUT2D eigenvalue weighted by atomic mass is 9.99. The Balaban J connectivity index is 2.56. The molecule has 15 heavy (non-hydrogen) atoms. The van der Waals surface area contributed by atoms with E-state index in [4.69, 9.17) is 9.94 Å². The van der Waals surface area contributed by atoms with Crippen molar-refractivity contribution in [3.05, 3.63) is 28.8 Å². The van der Waals surface area contributed by atoms with Gasteiger partial charge in [-0.3, -0.25) is 0 Å². The van der Waals surface area contributed by atoms with Gasteiger partial charge in [-0.1, -0.05) is 5.16 Å². The molecule has 1 aromatic rings. The van der Waals surface area contributed by atoms with Gasteiger partial charge in [-0.2, -0.15) is 0 Å². The van der Waals surface area contributed by atoms with Crippen LogP contribution in [0.15, 0.2) is 17.3 Å². The highest BCUT2D eigenvalue weighted by Gasteiger charge is 2.20. The van der Waals surface area contributed by atoms with E-state index in [1.807, 2.05) is 19.1 Å². The SMILES string of the molecule is COc1ccc(/C(C)=N\O)c2c1CCC2. The van der Waals surface area contributed by atoms with Crippen LogP contribution >= 0.6 is 0 Å². The summed E-state index contributed by atoms with van der Waals surface area (Å²) in [6, 6.07) is 3.92. The molecule has 3 nitrogen and oxygen atoms in total. The van der Waals surface area contributed by atoms with Crippen molar-refractivity contribution < 1.29 is 9.94 Å². The zero-order chi connectivity index (χ0) is 10.8. The van der Waals surface area contributed by atoms with Crippen molar-refractivity contribution in [1.29, 1.82) is 0 Å². The number of hydrogen-bond acceptors (Lipinski definition) is 3. The lowest BCUT2D eigenvalue weighted by molar-refractivity contribution is 0.319. The van der Waals surface area contributed by atoms with Crippen LogP contribution in [0.2, 0.25) is 0 Å². The van der Waals surface area contributed by atoms with Crippen LogP contribution in [-0.4, -0.2) is 18.0 Å². The predicted molar refractivity (Wildman–Crippen MR) is 59.0 cm³/mol. The molecule has 0 heterocycles. The molecule has 0 bridgehead atoms. The zero-order valence-corrected chi connectivity index (χ0v) is 9.08. The first-order valence-electron chi connectivity index (χ1n) is 5.15. The molecule has 80 valence electrons. The van der Waals surface area contributed by atoms with E-state index in [2.05, 4.69) is 5.16 Å². The molecule has 0 unspecified atom stereocenters. The average Bonchev–Trinajstić information content (AvgIpc) is 2.75. The summed E-state index contributed by atoms with van der Waals surface area (Å²) < 4.78 is 5.32. The average molecular weight is 205 g/mol. The van der Waals surface area contributed by atoms with Crippen molar-refractivity contribution >= 4 is 5.71 Å². The highest BCUT2D eigenvalue weighted by molar-refractivity contribution is 6.00. The summed E-state index contributed by atoms with van der Waals surface area (Å²) in [6.45, 7) is 1.82. The van der Waals surface area contributed by atoms with Crippen molar-refractivity contribution in [3.8, 4) is 5.75 Å². The largest absolute Gasteiger partial charge is 0.496 e. The zero-order valence-electron chi connectivity index (χ0n) is 9.08. The monoisotopic (exact) mass is 205 g/mol. The van der Waals surface area contributed by atoms with Gasteiger partial charge in [-0.05, 0) is 49.4 Å². The summed E-state index contributed by atoms with van der Waals surface area (Å²) in [5, 5.41) is 12.1. The molecule has 2 rings (SSSR count). The van der Waals surface area contributed by atoms with E-state index in [9.17, 15) is 0 Å². The summed E-state index contributed by atoms with van der Waals surface area (Å²) in [4.78, 5) is 0. The topological polar surface area (TPSA) is 41.8 Å². The van der Waals surface area contributed by atoms with Crippen LogP contribution in [0.1, 0.15) is 30.0 Å². The van der Waals surface area contributed by atoms with E-state index in [1.54, 1.807) is 7.11 Å². The number of oxime groups is 1. The maximum atomic E-state index is 8.80. The van der Waals surface area contributed by atoms with Crippen LogP contribution in [0.5, 0.6) is 5.75 Å². The van der Waals surface area contributed by atoms with Crippen molar-refractivity contribution in [2.45, 2.75) is 26.2 Å². The highest BCUT2D eigenvalue weighted by atomic mass is 16.5. The first-order chi connectivity index (χ1) is 7.27. The molecule has 0 saturated heterocycles. The second-order valence-electron chi connectivity index (χ2n) is 3.81. The second-order valence-corrected chi connectivity index (χ2v) is 3.81. The standard InChI is InChI=1S/C12H15NO2/c1-8(13-14)9-6-7-12(15-2)11-5-3-4-10(9)11/h6-7,14H,3-5H2,1-2H3/b13-8-. The Kier molecular flexibility index (Phi) is 2.62. The Labute approximate surface area is 89.4 Å². The van der Waals surface area contributed by atoms with Crippen molar-refractivity contribution in [2.75, 3.05) is 7.11 Å². The molecule has 0 amide bonds. The molecular formula is C12H15NO2. The lowest BCUT2D eigenvalue weighted by Gasteiger charge is -2.11. The Morgan fingerprint density at radius 1 is 1.33 bits per heavy atom. The smallest absolute Gasteiger partial charge is 0.122 e. The van der Waals surface area contributed by atoms with Crippen LogP contribution in [0.25, 0.3) is 0 Å². The van der Waals surface area contributed by atoms with Gasteiger partial charge in [0.05, 0.1) is 12.8 Å². The number of methoxy groups -OCH3 is 1. The minimum atomic E-state index is 0.677. The number of nitrogens with zero attached hydrogens (tertiary/aromatic N) is 1. The van der Waals surface area contributed by atoms with Gasteiger partial charge in [-0.25, -0.2) is 0 Å².